The van der Waals surface area contributed by atoms with Gasteiger partial charge in [-0.1, -0.05) is 20.8 Å². The Morgan fingerprint density at radius 1 is 1.50 bits per heavy atom. The quantitative estimate of drug-likeness (QED) is 0.722. The molecule has 1 fully saturated rings. The highest BCUT2D eigenvalue weighted by molar-refractivity contribution is 4.72. The number of ether oxygens (including phenoxy) is 1. The smallest absolute Gasteiger partial charge is 0.108 e. The molecule has 2 atom stereocenters. The Morgan fingerprint density at radius 2 is 2.21 bits per heavy atom. The van der Waals surface area contributed by atoms with Crippen LogP contribution in [0.1, 0.15) is 33.6 Å². The lowest BCUT2D eigenvalue weighted by molar-refractivity contribution is -0.0492. The minimum atomic E-state index is -0.123. The van der Waals surface area contributed by atoms with Crippen LogP contribution in [-0.2, 0) is 4.74 Å². The van der Waals surface area contributed by atoms with E-state index in [4.69, 9.17) is 9.84 Å². The van der Waals surface area contributed by atoms with Gasteiger partial charge in [-0.15, -0.1) is 0 Å². The maximum absolute atomic E-state index is 9.08. The highest BCUT2D eigenvalue weighted by Crippen LogP contribution is 2.19. The van der Waals surface area contributed by atoms with E-state index in [9.17, 15) is 0 Å². The van der Waals surface area contributed by atoms with Crippen LogP contribution in [0.25, 0.3) is 0 Å². The summed E-state index contributed by atoms with van der Waals surface area (Å²) in [6.07, 6.45) is 2.51. The van der Waals surface area contributed by atoms with Crippen molar-refractivity contribution in [3.63, 3.8) is 0 Å². The zero-order valence-electron chi connectivity index (χ0n) is 9.55. The van der Waals surface area contributed by atoms with Crippen molar-refractivity contribution < 1.29 is 9.84 Å². The van der Waals surface area contributed by atoms with E-state index in [1.165, 1.54) is 6.42 Å². The number of nitrogens with one attached hydrogen (secondary N) is 1. The Labute approximate surface area is 86.8 Å². The highest BCUT2D eigenvalue weighted by Gasteiger charge is 2.22. The maximum atomic E-state index is 9.08. The van der Waals surface area contributed by atoms with Gasteiger partial charge in [-0.05, 0) is 25.3 Å². The van der Waals surface area contributed by atoms with Crippen molar-refractivity contribution >= 4 is 0 Å². The molecule has 0 amide bonds. The van der Waals surface area contributed by atoms with Crippen LogP contribution in [0.5, 0.6) is 0 Å². The molecule has 1 aliphatic heterocycles. The van der Waals surface area contributed by atoms with E-state index < -0.39 is 0 Å². The molecule has 0 saturated carbocycles. The molecule has 0 aliphatic carbocycles. The van der Waals surface area contributed by atoms with Crippen molar-refractivity contribution in [1.82, 2.24) is 5.32 Å². The molecule has 0 aromatic rings. The number of piperidine rings is 1. The molecule has 14 heavy (non-hydrogen) atoms. The minimum absolute atomic E-state index is 0.123. The monoisotopic (exact) mass is 201 g/mol. The number of hydrogen-bond donors (Lipinski definition) is 2. The zero-order chi connectivity index (χ0) is 10.6. The Morgan fingerprint density at radius 3 is 2.79 bits per heavy atom. The molecule has 1 heterocycles. The molecular weight excluding hydrogens is 178 g/mol. The summed E-state index contributed by atoms with van der Waals surface area (Å²) in [4.78, 5) is 0. The third-order valence-corrected chi connectivity index (χ3v) is 2.73. The molecule has 1 saturated heterocycles. The van der Waals surface area contributed by atoms with Crippen molar-refractivity contribution in [2.75, 3.05) is 19.8 Å². The van der Waals surface area contributed by atoms with E-state index in [1.54, 1.807) is 0 Å². The standard InChI is InChI=1S/C11H23NO2/c1-9-4-5-12-10(6-9)14-8-11(2,3)7-13/h9-10,12-13H,4-8H2,1-3H3. The summed E-state index contributed by atoms with van der Waals surface area (Å²) in [6, 6.07) is 0. The lowest BCUT2D eigenvalue weighted by Gasteiger charge is -2.31. The number of aliphatic hydroxyl groups excluding tert-OH is 1. The largest absolute Gasteiger partial charge is 0.396 e. The first kappa shape index (κ1) is 12.0. The first-order valence-corrected chi connectivity index (χ1v) is 5.49. The molecule has 3 nitrogen and oxygen atoms in total. The Hall–Kier alpha value is -0.120. The molecule has 2 unspecified atom stereocenters. The molecule has 2 N–H and O–H groups in total. The lowest BCUT2D eigenvalue weighted by atomic mass is 9.96. The van der Waals surface area contributed by atoms with Gasteiger partial charge < -0.3 is 9.84 Å². The third-order valence-electron chi connectivity index (χ3n) is 2.73. The highest BCUT2D eigenvalue weighted by atomic mass is 16.5. The van der Waals surface area contributed by atoms with Crippen LogP contribution in [-0.4, -0.2) is 31.1 Å². The van der Waals surface area contributed by atoms with E-state index in [-0.39, 0.29) is 18.2 Å². The fourth-order valence-corrected chi connectivity index (χ4v) is 1.56. The fourth-order valence-electron chi connectivity index (χ4n) is 1.56. The second kappa shape index (κ2) is 5.10. The van der Waals surface area contributed by atoms with Gasteiger partial charge in [0.15, 0.2) is 0 Å². The van der Waals surface area contributed by atoms with Gasteiger partial charge in [-0.25, -0.2) is 0 Å². The topological polar surface area (TPSA) is 41.5 Å². The van der Waals surface area contributed by atoms with Gasteiger partial charge in [0.25, 0.3) is 0 Å². The zero-order valence-corrected chi connectivity index (χ0v) is 9.55. The number of aliphatic hydroxyl groups is 1. The van der Waals surface area contributed by atoms with Crippen LogP contribution in [0.2, 0.25) is 0 Å². The first-order valence-electron chi connectivity index (χ1n) is 5.49. The Balaban J connectivity index is 2.23. The van der Waals surface area contributed by atoms with Crippen LogP contribution in [0, 0.1) is 11.3 Å². The normalized spacial score (nSPS) is 29.1. The molecule has 1 rings (SSSR count). The summed E-state index contributed by atoms with van der Waals surface area (Å²) in [5.74, 6) is 0.749. The molecule has 0 aromatic heterocycles. The molecule has 3 heteroatoms. The Bertz CT molecular complexity index is 171. The van der Waals surface area contributed by atoms with Crippen LogP contribution in [0.4, 0.5) is 0 Å². The van der Waals surface area contributed by atoms with E-state index in [2.05, 4.69) is 12.2 Å². The number of hydrogen-bond acceptors (Lipinski definition) is 3. The van der Waals surface area contributed by atoms with Crippen LogP contribution in [0.15, 0.2) is 0 Å². The summed E-state index contributed by atoms with van der Waals surface area (Å²) >= 11 is 0. The summed E-state index contributed by atoms with van der Waals surface area (Å²) < 4.78 is 5.74. The molecule has 84 valence electrons. The SMILES string of the molecule is CC1CCNC(OCC(C)(C)CO)C1. The second-order valence-corrected chi connectivity index (χ2v) is 5.21. The average molecular weight is 201 g/mol. The molecule has 0 radical (unpaired) electrons. The predicted molar refractivity (Wildman–Crippen MR) is 57.0 cm³/mol. The molecule has 1 aliphatic rings. The van der Waals surface area contributed by atoms with Crippen LogP contribution >= 0.6 is 0 Å². The van der Waals surface area contributed by atoms with Crippen molar-refractivity contribution in [1.29, 1.82) is 0 Å². The molecule has 0 bridgehead atoms. The van der Waals surface area contributed by atoms with Gasteiger partial charge in [-0.2, -0.15) is 0 Å². The Kier molecular flexibility index (Phi) is 4.35. The second-order valence-electron chi connectivity index (χ2n) is 5.21. The van der Waals surface area contributed by atoms with E-state index in [0.717, 1.165) is 18.9 Å². The summed E-state index contributed by atoms with van der Waals surface area (Å²) in [5.41, 5.74) is -0.123. The van der Waals surface area contributed by atoms with E-state index >= 15 is 0 Å². The first-order chi connectivity index (χ1) is 6.53. The van der Waals surface area contributed by atoms with Gasteiger partial charge in [0, 0.05) is 5.41 Å². The minimum Gasteiger partial charge on any atom is -0.396 e. The number of rotatable bonds is 4. The van der Waals surface area contributed by atoms with Crippen molar-refractivity contribution in [3.8, 4) is 0 Å². The maximum Gasteiger partial charge on any atom is 0.108 e. The summed E-state index contributed by atoms with van der Waals surface area (Å²) in [7, 11) is 0. The van der Waals surface area contributed by atoms with Crippen LogP contribution in [0.3, 0.4) is 0 Å². The molecule has 0 spiro atoms. The van der Waals surface area contributed by atoms with E-state index in [1.807, 2.05) is 13.8 Å². The van der Waals surface area contributed by atoms with Gasteiger partial charge in [0.1, 0.15) is 6.23 Å². The van der Waals surface area contributed by atoms with Crippen molar-refractivity contribution in [2.24, 2.45) is 11.3 Å². The summed E-state index contributed by atoms with van der Waals surface area (Å²) in [5, 5.41) is 12.4. The predicted octanol–water partition coefficient (Wildman–Crippen LogP) is 1.37. The van der Waals surface area contributed by atoms with Crippen molar-refractivity contribution in [3.05, 3.63) is 0 Å². The van der Waals surface area contributed by atoms with Crippen LogP contribution < -0.4 is 5.32 Å². The van der Waals surface area contributed by atoms with Crippen molar-refractivity contribution in [2.45, 2.75) is 39.8 Å². The molecule has 0 aromatic carbocycles. The third kappa shape index (κ3) is 3.95. The average Bonchev–Trinajstić information content (AvgIpc) is 2.15. The fraction of sp³-hybridized carbons (Fsp3) is 1.00. The van der Waals surface area contributed by atoms with Gasteiger partial charge in [-0.3, -0.25) is 5.32 Å². The van der Waals surface area contributed by atoms with Gasteiger partial charge in [0.05, 0.1) is 13.2 Å². The van der Waals surface area contributed by atoms with E-state index in [0.29, 0.717) is 6.61 Å². The lowest BCUT2D eigenvalue weighted by Crippen LogP contribution is -2.41. The van der Waals surface area contributed by atoms with Gasteiger partial charge in [0.2, 0.25) is 0 Å². The molecular formula is C11H23NO2. The summed E-state index contributed by atoms with van der Waals surface area (Å²) in [6.45, 7) is 8.13. The van der Waals surface area contributed by atoms with Gasteiger partial charge >= 0.3 is 0 Å².